The first kappa shape index (κ1) is 17.5. The van der Waals surface area contributed by atoms with Crippen molar-refractivity contribution >= 4 is 5.91 Å². The van der Waals surface area contributed by atoms with Crippen LogP contribution in [-0.4, -0.2) is 29.9 Å². The predicted octanol–water partition coefficient (Wildman–Crippen LogP) is 3.22. The van der Waals surface area contributed by atoms with Gasteiger partial charge >= 0.3 is 6.18 Å². The first-order valence-corrected chi connectivity index (χ1v) is 7.61. The van der Waals surface area contributed by atoms with E-state index >= 15 is 0 Å². The van der Waals surface area contributed by atoms with Gasteiger partial charge in [0.05, 0.1) is 5.56 Å². The number of nitrogens with zero attached hydrogens (tertiary/aromatic N) is 1. The molecule has 1 aromatic carbocycles. The summed E-state index contributed by atoms with van der Waals surface area (Å²) in [7, 11) is 0. The van der Waals surface area contributed by atoms with E-state index in [2.05, 4.69) is 23.7 Å². The van der Waals surface area contributed by atoms with E-state index < -0.39 is 11.7 Å². The molecule has 0 spiro atoms. The number of amides is 1. The highest BCUT2D eigenvalue weighted by Crippen LogP contribution is 2.29. The summed E-state index contributed by atoms with van der Waals surface area (Å²) in [5, 5.41) is 2.92. The fourth-order valence-electron chi connectivity index (χ4n) is 2.77. The van der Waals surface area contributed by atoms with Crippen molar-refractivity contribution in [2.24, 2.45) is 5.92 Å². The van der Waals surface area contributed by atoms with Gasteiger partial charge in [-0.15, -0.1) is 0 Å². The number of likely N-dealkylation sites (tertiary alicyclic amines) is 1. The second kappa shape index (κ2) is 7.17. The standard InChI is InChI=1S/C17H21F3N2O/c1-3-16(23)21-15-11-22(9-8-12(15)2)10-13-4-6-14(7-5-13)17(18,19)20/h3-7,12,15H,1,8-11H2,2H3,(H,21,23)/t12-,15+/m0/s1. The monoisotopic (exact) mass is 326 g/mol. The molecule has 0 bridgehead atoms. The SMILES string of the molecule is C=CC(=O)N[C@@H]1CN(Cc2ccc(C(F)(F)F)cc2)CC[C@@H]1C. The fraction of sp³-hybridized carbons (Fsp3) is 0.471. The molecular weight excluding hydrogens is 305 g/mol. The minimum Gasteiger partial charge on any atom is -0.348 e. The zero-order valence-electron chi connectivity index (χ0n) is 13.1. The Hall–Kier alpha value is -1.82. The average Bonchev–Trinajstić information content (AvgIpc) is 2.50. The van der Waals surface area contributed by atoms with Crippen molar-refractivity contribution in [3.63, 3.8) is 0 Å². The molecule has 0 radical (unpaired) electrons. The number of alkyl halides is 3. The van der Waals surface area contributed by atoms with Gasteiger partial charge in [-0.3, -0.25) is 9.69 Å². The lowest BCUT2D eigenvalue weighted by atomic mass is 9.93. The number of hydrogen-bond acceptors (Lipinski definition) is 2. The number of nitrogens with one attached hydrogen (secondary N) is 1. The lowest BCUT2D eigenvalue weighted by Crippen LogP contribution is -2.51. The number of carbonyl (C=O) groups is 1. The first-order valence-electron chi connectivity index (χ1n) is 7.61. The molecule has 6 heteroatoms. The zero-order chi connectivity index (χ0) is 17.0. The van der Waals surface area contributed by atoms with Gasteiger partial charge in [0.15, 0.2) is 0 Å². The van der Waals surface area contributed by atoms with Crippen LogP contribution in [0.5, 0.6) is 0 Å². The Morgan fingerprint density at radius 3 is 2.61 bits per heavy atom. The summed E-state index contributed by atoms with van der Waals surface area (Å²) in [5.41, 5.74) is 0.200. The Morgan fingerprint density at radius 2 is 2.04 bits per heavy atom. The molecule has 1 heterocycles. The number of piperidine rings is 1. The first-order chi connectivity index (χ1) is 10.8. The Kier molecular flexibility index (Phi) is 5.46. The van der Waals surface area contributed by atoms with E-state index in [1.54, 1.807) is 0 Å². The van der Waals surface area contributed by atoms with Gasteiger partial charge < -0.3 is 5.32 Å². The average molecular weight is 326 g/mol. The van der Waals surface area contributed by atoms with Gasteiger partial charge in [-0.2, -0.15) is 13.2 Å². The summed E-state index contributed by atoms with van der Waals surface area (Å²) in [4.78, 5) is 13.6. The molecule has 2 atom stereocenters. The maximum atomic E-state index is 12.6. The van der Waals surface area contributed by atoms with Gasteiger partial charge in [0.1, 0.15) is 0 Å². The van der Waals surface area contributed by atoms with Crippen molar-refractivity contribution in [2.45, 2.75) is 32.1 Å². The number of rotatable bonds is 4. The Morgan fingerprint density at radius 1 is 1.39 bits per heavy atom. The normalized spacial score (nSPS) is 22.6. The van der Waals surface area contributed by atoms with Gasteiger partial charge in [0.25, 0.3) is 0 Å². The molecule has 3 nitrogen and oxygen atoms in total. The molecule has 0 aliphatic carbocycles. The van der Waals surface area contributed by atoms with E-state index in [4.69, 9.17) is 0 Å². The number of benzene rings is 1. The van der Waals surface area contributed by atoms with Crippen LogP contribution in [-0.2, 0) is 17.5 Å². The number of carbonyl (C=O) groups excluding carboxylic acids is 1. The molecule has 1 aliphatic heterocycles. The fourth-order valence-corrected chi connectivity index (χ4v) is 2.77. The third kappa shape index (κ3) is 4.82. The molecule has 0 unspecified atom stereocenters. The highest BCUT2D eigenvalue weighted by molar-refractivity contribution is 5.87. The third-order valence-electron chi connectivity index (χ3n) is 4.24. The molecule has 23 heavy (non-hydrogen) atoms. The van der Waals surface area contributed by atoms with E-state index in [0.717, 1.165) is 30.7 Å². The smallest absolute Gasteiger partial charge is 0.348 e. The minimum absolute atomic E-state index is 0.0312. The van der Waals surface area contributed by atoms with Gasteiger partial charge in [-0.05, 0) is 42.7 Å². The molecule has 1 saturated heterocycles. The molecule has 1 fully saturated rings. The molecule has 1 amide bonds. The van der Waals surface area contributed by atoms with Crippen molar-refractivity contribution in [3.8, 4) is 0 Å². The topological polar surface area (TPSA) is 32.3 Å². The van der Waals surface area contributed by atoms with E-state index in [9.17, 15) is 18.0 Å². The molecule has 0 saturated carbocycles. The van der Waals surface area contributed by atoms with Gasteiger partial charge in [0.2, 0.25) is 5.91 Å². The largest absolute Gasteiger partial charge is 0.416 e. The number of halogens is 3. The summed E-state index contributed by atoms with van der Waals surface area (Å²) in [6, 6.07) is 5.28. The molecule has 1 aliphatic rings. The van der Waals surface area contributed by atoms with Crippen LogP contribution in [0.15, 0.2) is 36.9 Å². The lowest BCUT2D eigenvalue weighted by Gasteiger charge is -2.37. The third-order valence-corrected chi connectivity index (χ3v) is 4.24. The molecule has 2 rings (SSSR count). The Bertz CT molecular complexity index is 554. The minimum atomic E-state index is -4.31. The van der Waals surface area contributed by atoms with E-state index in [-0.39, 0.29) is 11.9 Å². The van der Waals surface area contributed by atoms with Crippen LogP contribution in [0.1, 0.15) is 24.5 Å². The van der Waals surface area contributed by atoms with Gasteiger partial charge in [0, 0.05) is 19.1 Å². The van der Waals surface area contributed by atoms with Crippen molar-refractivity contribution in [1.82, 2.24) is 10.2 Å². The molecule has 1 aromatic rings. The van der Waals surface area contributed by atoms with E-state index in [1.165, 1.54) is 18.2 Å². The quantitative estimate of drug-likeness (QED) is 0.862. The van der Waals surface area contributed by atoms with Crippen LogP contribution in [0.3, 0.4) is 0 Å². The lowest BCUT2D eigenvalue weighted by molar-refractivity contribution is -0.137. The second-order valence-corrected chi connectivity index (χ2v) is 6.01. The summed E-state index contributed by atoms with van der Waals surface area (Å²) in [5.74, 6) is 0.168. The highest BCUT2D eigenvalue weighted by Gasteiger charge is 2.30. The van der Waals surface area contributed by atoms with Crippen LogP contribution in [0.4, 0.5) is 13.2 Å². The summed E-state index contributed by atoms with van der Waals surface area (Å²) in [6.45, 7) is 7.66. The van der Waals surface area contributed by atoms with Crippen molar-refractivity contribution in [2.75, 3.05) is 13.1 Å². The van der Waals surface area contributed by atoms with Crippen LogP contribution in [0, 0.1) is 5.92 Å². The second-order valence-electron chi connectivity index (χ2n) is 6.01. The van der Waals surface area contributed by atoms with Gasteiger partial charge in [-0.25, -0.2) is 0 Å². The highest BCUT2D eigenvalue weighted by atomic mass is 19.4. The van der Waals surface area contributed by atoms with Crippen molar-refractivity contribution < 1.29 is 18.0 Å². The van der Waals surface area contributed by atoms with Crippen LogP contribution < -0.4 is 5.32 Å². The van der Waals surface area contributed by atoms with E-state index in [1.807, 2.05) is 0 Å². The summed E-state index contributed by atoms with van der Waals surface area (Å²) >= 11 is 0. The Balaban J connectivity index is 1.97. The number of hydrogen-bond donors (Lipinski definition) is 1. The molecule has 126 valence electrons. The van der Waals surface area contributed by atoms with Crippen LogP contribution in [0.2, 0.25) is 0 Å². The van der Waals surface area contributed by atoms with Gasteiger partial charge in [-0.1, -0.05) is 25.6 Å². The zero-order valence-corrected chi connectivity index (χ0v) is 13.1. The van der Waals surface area contributed by atoms with Crippen molar-refractivity contribution in [1.29, 1.82) is 0 Å². The summed E-state index contributed by atoms with van der Waals surface area (Å²) in [6.07, 6.45) is -2.12. The summed E-state index contributed by atoms with van der Waals surface area (Å²) < 4.78 is 37.7. The van der Waals surface area contributed by atoms with Crippen LogP contribution >= 0.6 is 0 Å². The maximum Gasteiger partial charge on any atom is 0.416 e. The maximum absolute atomic E-state index is 12.6. The molecular formula is C17H21F3N2O. The van der Waals surface area contributed by atoms with E-state index in [0.29, 0.717) is 19.0 Å². The Labute approximate surface area is 134 Å². The predicted molar refractivity (Wildman–Crippen MR) is 82.6 cm³/mol. The van der Waals surface area contributed by atoms with Crippen molar-refractivity contribution in [3.05, 3.63) is 48.0 Å². The molecule has 1 N–H and O–H groups in total. The molecule has 0 aromatic heterocycles. The van der Waals surface area contributed by atoms with Crippen LogP contribution in [0.25, 0.3) is 0 Å².